The third-order valence-electron chi connectivity index (χ3n) is 1.41. The highest BCUT2D eigenvalue weighted by Crippen LogP contribution is 2.17. The van der Waals surface area contributed by atoms with Gasteiger partial charge in [0.15, 0.2) is 5.82 Å². The summed E-state index contributed by atoms with van der Waals surface area (Å²) < 4.78 is 0. The SMILES string of the molecule is C[C@H](Cl)c1nc(N)nc(N(C)C)n1. The Bertz CT molecular complexity index is 273. The van der Waals surface area contributed by atoms with Gasteiger partial charge in [-0.25, -0.2) is 0 Å². The summed E-state index contributed by atoms with van der Waals surface area (Å²) in [5.74, 6) is 1.22. The van der Waals surface area contributed by atoms with Crippen molar-refractivity contribution in [2.75, 3.05) is 24.7 Å². The van der Waals surface area contributed by atoms with E-state index in [2.05, 4.69) is 15.0 Å². The molecule has 0 saturated carbocycles. The van der Waals surface area contributed by atoms with Crippen molar-refractivity contribution in [1.29, 1.82) is 0 Å². The van der Waals surface area contributed by atoms with Crippen LogP contribution in [0.3, 0.4) is 0 Å². The minimum atomic E-state index is -0.260. The van der Waals surface area contributed by atoms with Gasteiger partial charge in [0.1, 0.15) is 0 Å². The standard InChI is InChI=1S/C7H12ClN5/c1-4(8)5-10-6(9)12-7(11-5)13(2)3/h4H,1-3H3,(H2,9,10,11,12)/t4-/m0/s1. The zero-order chi connectivity index (χ0) is 10.0. The summed E-state index contributed by atoms with van der Waals surface area (Å²) in [5, 5.41) is -0.260. The molecule has 1 heterocycles. The van der Waals surface area contributed by atoms with E-state index in [0.717, 1.165) is 0 Å². The van der Waals surface area contributed by atoms with Crippen LogP contribution in [0.4, 0.5) is 11.9 Å². The topological polar surface area (TPSA) is 67.9 Å². The fourth-order valence-electron chi connectivity index (χ4n) is 0.775. The fourth-order valence-corrected chi connectivity index (χ4v) is 0.873. The smallest absolute Gasteiger partial charge is 0.229 e. The van der Waals surface area contributed by atoms with Crippen LogP contribution < -0.4 is 10.6 Å². The van der Waals surface area contributed by atoms with Crippen molar-refractivity contribution < 1.29 is 0 Å². The van der Waals surface area contributed by atoms with Crippen molar-refractivity contribution in [2.45, 2.75) is 12.3 Å². The number of nitrogens with zero attached hydrogens (tertiary/aromatic N) is 4. The Balaban J connectivity index is 3.11. The van der Waals surface area contributed by atoms with Gasteiger partial charge in [-0.3, -0.25) is 0 Å². The van der Waals surface area contributed by atoms with Gasteiger partial charge in [-0.05, 0) is 6.92 Å². The summed E-state index contributed by atoms with van der Waals surface area (Å²) >= 11 is 5.82. The first-order valence-corrected chi connectivity index (χ1v) is 4.27. The molecule has 6 heteroatoms. The number of hydrogen-bond acceptors (Lipinski definition) is 5. The third kappa shape index (κ3) is 2.42. The van der Waals surface area contributed by atoms with Crippen LogP contribution in [0.15, 0.2) is 0 Å². The lowest BCUT2D eigenvalue weighted by atomic mass is 10.4. The number of aromatic nitrogens is 3. The van der Waals surface area contributed by atoms with E-state index in [0.29, 0.717) is 11.8 Å². The molecule has 0 amide bonds. The summed E-state index contributed by atoms with van der Waals surface area (Å²) in [6.07, 6.45) is 0. The van der Waals surface area contributed by atoms with Crippen molar-refractivity contribution in [3.05, 3.63) is 5.82 Å². The lowest BCUT2D eigenvalue weighted by molar-refractivity contribution is 0.859. The average Bonchev–Trinajstić information content (AvgIpc) is 2.03. The molecule has 0 bridgehead atoms. The molecular weight excluding hydrogens is 190 g/mol. The molecule has 1 aromatic heterocycles. The van der Waals surface area contributed by atoms with Gasteiger partial charge < -0.3 is 10.6 Å². The second-order valence-electron chi connectivity index (χ2n) is 2.86. The average molecular weight is 202 g/mol. The molecule has 0 aliphatic carbocycles. The first kappa shape index (κ1) is 9.98. The maximum absolute atomic E-state index is 5.82. The zero-order valence-corrected chi connectivity index (χ0v) is 8.58. The van der Waals surface area contributed by atoms with Crippen LogP contribution in [0, 0.1) is 0 Å². The Morgan fingerprint density at radius 2 is 1.92 bits per heavy atom. The quantitative estimate of drug-likeness (QED) is 0.718. The van der Waals surface area contributed by atoms with Gasteiger partial charge in [0, 0.05) is 14.1 Å². The minimum absolute atomic E-state index is 0.196. The largest absolute Gasteiger partial charge is 0.368 e. The van der Waals surface area contributed by atoms with Crippen molar-refractivity contribution >= 4 is 23.5 Å². The lowest BCUT2D eigenvalue weighted by Crippen LogP contribution is -2.16. The van der Waals surface area contributed by atoms with Crippen molar-refractivity contribution in [2.24, 2.45) is 0 Å². The van der Waals surface area contributed by atoms with E-state index < -0.39 is 0 Å². The molecule has 0 radical (unpaired) electrons. The van der Waals surface area contributed by atoms with Gasteiger partial charge in [0.05, 0.1) is 5.38 Å². The van der Waals surface area contributed by atoms with Crippen LogP contribution in [0.2, 0.25) is 0 Å². The third-order valence-corrected chi connectivity index (χ3v) is 1.61. The number of halogens is 1. The predicted octanol–water partition coefficient (Wildman–Crippen LogP) is 0.820. The Labute approximate surface area is 82.0 Å². The predicted molar refractivity (Wildman–Crippen MR) is 52.8 cm³/mol. The molecule has 0 fully saturated rings. The van der Waals surface area contributed by atoms with Gasteiger partial charge in [-0.1, -0.05) is 0 Å². The van der Waals surface area contributed by atoms with E-state index in [4.69, 9.17) is 17.3 Å². The minimum Gasteiger partial charge on any atom is -0.368 e. The Kier molecular flexibility index (Phi) is 2.87. The van der Waals surface area contributed by atoms with Gasteiger partial charge >= 0.3 is 0 Å². The molecule has 1 rings (SSSR count). The molecule has 72 valence electrons. The molecule has 0 aromatic carbocycles. The van der Waals surface area contributed by atoms with E-state index in [1.54, 1.807) is 11.8 Å². The highest BCUT2D eigenvalue weighted by molar-refractivity contribution is 6.20. The summed E-state index contributed by atoms with van der Waals surface area (Å²) in [6, 6.07) is 0. The van der Waals surface area contributed by atoms with E-state index in [-0.39, 0.29) is 11.3 Å². The molecule has 1 atom stereocenters. The maximum Gasteiger partial charge on any atom is 0.229 e. The van der Waals surface area contributed by atoms with Crippen LogP contribution in [0.1, 0.15) is 18.1 Å². The van der Waals surface area contributed by atoms with Crippen molar-refractivity contribution in [3.63, 3.8) is 0 Å². The first-order chi connectivity index (χ1) is 6.00. The van der Waals surface area contributed by atoms with E-state index >= 15 is 0 Å². The highest BCUT2D eigenvalue weighted by Gasteiger charge is 2.09. The molecule has 0 saturated heterocycles. The second kappa shape index (κ2) is 3.74. The summed E-state index contributed by atoms with van der Waals surface area (Å²) in [7, 11) is 3.66. The fraction of sp³-hybridized carbons (Fsp3) is 0.571. The molecule has 5 nitrogen and oxygen atoms in total. The number of nitrogens with two attached hydrogens (primary N) is 1. The molecule has 1 aromatic rings. The molecule has 13 heavy (non-hydrogen) atoms. The summed E-state index contributed by atoms with van der Waals surface area (Å²) in [4.78, 5) is 13.7. The molecule has 0 aliphatic rings. The van der Waals surface area contributed by atoms with Crippen molar-refractivity contribution in [3.8, 4) is 0 Å². The van der Waals surface area contributed by atoms with Gasteiger partial charge in [-0.2, -0.15) is 15.0 Å². The van der Waals surface area contributed by atoms with Gasteiger partial charge in [-0.15, -0.1) is 11.6 Å². The number of rotatable bonds is 2. The normalized spacial score (nSPS) is 12.6. The number of nitrogen functional groups attached to an aromatic ring is 1. The lowest BCUT2D eigenvalue weighted by Gasteiger charge is -2.11. The van der Waals surface area contributed by atoms with Crippen LogP contribution in [0.5, 0.6) is 0 Å². The van der Waals surface area contributed by atoms with Crippen LogP contribution in [-0.4, -0.2) is 29.0 Å². The summed E-state index contributed by atoms with van der Waals surface area (Å²) in [6.45, 7) is 1.79. The Morgan fingerprint density at radius 1 is 1.31 bits per heavy atom. The van der Waals surface area contributed by atoms with E-state index in [1.807, 2.05) is 14.1 Å². The number of hydrogen-bond donors (Lipinski definition) is 1. The number of alkyl halides is 1. The molecule has 2 N–H and O–H groups in total. The Morgan fingerprint density at radius 3 is 2.38 bits per heavy atom. The molecular formula is C7H12ClN5. The van der Waals surface area contributed by atoms with E-state index in [1.165, 1.54) is 0 Å². The summed E-state index contributed by atoms with van der Waals surface area (Å²) in [5.41, 5.74) is 5.49. The molecule has 0 spiro atoms. The number of anilines is 2. The van der Waals surface area contributed by atoms with Crippen molar-refractivity contribution in [1.82, 2.24) is 15.0 Å². The van der Waals surface area contributed by atoms with Gasteiger partial charge in [0.2, 0.25) is 11.9 Å². The molecule has 0 aliphatic heterocycles. The molecule has 0 unspecified atom stereocenters. The monoisotopic (exact) mass is 201 g/mol. The first-order valence-electron chi connectivity index (χ1n) is 3.83. The van der Waals surface area contributed by atoms with Crippen LogP contribution in [0.25, 0.3) is 0 Å². The van der Waals surface area contributed by atoms with Crippen LogP contribution in [-0.2, 0) is 0 Å². The maximum atomic E-state index is 5.82. The highest BCUT2D eigenvalue weighted by atomic mass is 35.5. The zero-order valence-electron chi connectivity index (χ0n) is 7.82. The van der Waals surface area contributed by atoms with E-state index in [9.17, 15) is 0 Å². The van der Waals surface area contributed by atoms with Gasteiger partial charge in [0.25, 0.3) is 0 Å². The Hall–Kier alpha value is -1.10. The second-order valence-corrected chi connectivity index (χ2v) is 3.52. The van der Waals surface area contributed by atoms with Crippen LogP contribution >= 0.6 is 11.6 Å².